The van der Waals surface area contributed by atoms with Crippen molar-refractivity contribution in [2.45, 2.75) is 24.9 Å². The first-order chi connectivity index (χ1) is 6.83. The molecule has 1 atom stereocenters. The highest BCUT2D eigenvalue weighted by atomic mass is 15.3. The van der Waals surface area contributed by atoms with Crippen molar-refractivity contribution in [3.05, 3.63) is 0 Å². The zero-order valence-corrected chi connectivity index (χ0v) is 9.08. The largest absolute Gasteiger partial charge is 0.311 e. The Labute approximate surface area is 86.4 Å². The molecule has 80 valence electrons. The summed E-state index contributed by atoms with van der Waals surface area (Å²) in [5, 5.41) is 3.67. The zero-order valence-electron chi connectivity index (χ0n) is 9.08. The molecule has 0 radical (unpaired) electrons. The van der Waals surface area contributed by atoms with E-state index in [4.69, 9.17) is 0 Å². The minimum absolute atomic E-state index is 0.814. The Morgan fingerprint density at radius 2 is 1.93 bits per heavy atom. The van der Waals surface area contributed by atoms with E-state index in [0.717, 1.165) is 18.0 Å². The fourth-order valence-electron chi connectivity index (χ4n) is 2.85. The monoisotopic (exact) mass is 195 g/mol. The molecular weight excluding hydrogens is 174 g/mol. The van der Waals surface area contributed by atoms with Gasteiger partial charge in [0.05, 0.1) is 0 Å². The molecule has 0 amide bonds. The van der Waals surface area contributed by atoms with Crippen molar-refractivity contribution in [2.75, 3.05) is 39.8 Å². The molecule has 0 spiro atoms. The van der Waals surface area contributed by atoms with Gasteiger partial charge in [-0.05, 0) is 25.8 Å². The topological polar surface area (TPSA) is 18.5 Å². The predicted molar refractivity (Wildman–Crippen MR) is 57.4 cm³/mol. The Bertz CT molecular complexity index is 209. The first-order valence-electron chi connectivity index (χ1n) is 5.99. The van der Waals surface area contributed by atoms with E-state index in [0.29, 0.717) is 0 Å². The molecule has 2 saturated heterocycles. The number of nitrogens with zero attached hydrogens (tertiary/aromatic N) is 2. The van der Waals surface area contributed by atoms with Gasteiger partial charge in [-0.15, -0.1) is 0 Å². The normalized spacial score (nSPS) is 37.1. The van der Waals surface area contributed by atoms with Gasteiger partial charge >= 0.3 is 0 Å². The maximum absolute atomic E-state index is 3.67. The summed E-state index contributed by atoms with van der Waals surface area (Å²) in [7, 11) is 2.22. The molecule has 14 heavy (non-hydrogen) atoms. The van der Waals surface area contributed by atoms with Crippen LogP contribution in [-0.4, -0.2) is 61.7 Å². The number of hydrogen-bond donors (Lipinski definition) is 1. The molecule has 1 unspecified atom stereocenters. The lowest BCUT2D eigenvalue weighted by atomic mass is 10.0. The van der Waals surface area contributed by atoms with Crippen molar-refractivity contribution < 1.29 is 0 Å². The van der Waals surface area contributed by atoms with Gasteiger partial charge in [-0.25, -0.2) is 0 Å². The van der Waals surface area contributed by atoms with E-state index in [1.54, 1.807) is 0 Å². The van der Waals surface area contributed by atoms with Crippen LogP contribution in [-0.2, 0) is 0 Å². The van der Waals surface area contributed by atoms with E-state index >= 15 is 0 Å². The van der Waals surface area contributed by atoms with E-state index in [-0.39, 0.29) is 0 Å². The van der Waals surface area contributed by atoms with Crippen LogP contribution >= 0.6 is 0 Å². The van der Waals surface area contributed by atoms with Crippen LogP contribution in [0, 0.1) is 5.92 Å². The number of likely N-dealkylation sites (tertiary alicyclic amines) is 1. The van der Waals surface area contributed by atoms with E-state index in [2.05, 4.69) is 22.2 Å². The van der Waals surface area contributed by atoms with Crippen molar-refractivity contribution >= 4 is 0 Å². The van der Waals surface area contributed by atoms with Crippen molar-refractivity contribution in [1.82, 2.24) is 15.1 Å². The SMILES string of the molecule is CN1CC(N2CCNC(C3CC3)C2)C1. The van der Waals surface area contributed by atoms with Crippen molar-refractivity contribution in [3.8, 4) is 0 Å². The van der Waals surface area contributed by atoms with Gasteiger partial charge in [0.1, 0.15) is 0 Å². The Kier molecular flexibility index (Phi) is 2.26. The Morgan fingerprint density at radius 1 is 1.14 bits per heavy atom. The third-order valence-corrected chi connectivity index (χ3v) is 3.99. The molecule has 0 bridgehead atoms. The molecule has 1 saturated carbocycles. The lowest BCUT2D eigenvalue weighted by Gasteiger charge is -2.47. The fraction of sp³-hybridized carbons (Fsp3) is 1.00. The van der Waals surface area contributed by atoms with Crippen molar-refractivity contribution in [1.29, 1.82) is 0 Å². The molecule has 0 aromatic carbocycles. The molecule has 2 heterocycles. The lowest BCUT2D eigenvalue weighted by molar-refractivity contribution is 0.0309. The number of likely N-dealkylation sites (N-methyl/N-ethyl adjacent to an activating group) is 1. The van der Waals surface area contributed by atoms with Gasteiger partial charge in [0.25, 0.3) is 0 Å². The second kappa shape index (κ2) is 3.47. The summed E-state index contributed by atoms with van der Waals surface area (Å²) in [5.74, 6) is 1.01. The molecule has 0 aromatic rings. The van der Waals surface area contributed by atoms with Crippen LogP contribution in [0.4, 0.5) is 0 Å². The van der Waals surface area contributed by atoms with Gasteiger partial charge in [-0.1, -0.05) is 0 Å². The van der Waals surface area contributed by atoms with Gasteiger partial charge in [0.2, 0.25) is 0 Å². The summed E-state index contributed by atoms with van der Waals surface area (Å²) >= 11 is 0. The summed E-state index contributed by atoms with van der Waals surface area (Å²) in [5.41, 5.74) is 0. The molecule has 3 nitrogen and oxygen atoms in total. The molecular formula is C11H21N3. The Balaban J connectivity index is 1.53. The van der Waals surface area contributed by atoms with Crippen LogP contribution < -0.4 is 5.32 Å². The van der Waals surface area contributed by atoms with Crippen LogP contribution in [0.1, 0.15) is 12.8 Å². The molecule has 2 aliphatic heterocycles. The maximum atomic E-state index is 3.67. The first-order valence-corrected chi connectivity index (χ1v) is 5.99. The molecule has 3 fully saturated rings. The van der Waals surface area contributed by atoms with E-state index < -0.39 is 0 Å². The molecule has 3 aliphatic rings. The number of hydrogen-bond acceptors (Lipinski definition) is 3. The molecule has 1 aliphatic carbocycles. The minimum atomic E-state index is 0.814. The van der Waals surface area contributed by atoms with E-state index in [1.807, 2.05) is 0 Å². The number of piperazine rings is 1. The fourth-order valence-corrected chi connectivity index (χ4v) is 2.85. The molecule has 0 aromatic heterocycles. The van der Waals surface area contributed by atoms with Gasteiger partial charge in [-0.3, -0.25) is 4.90 Å². The average molecular weight is 195 g/mol. The van der Waals surface area contributed by atoms with E-state index in [9.17, 15) is 0 Å². The zero-order chi connectivity index (χ0) is 9.54. The number of nitrogens with one attached hydrogen (secondary N) is 1. The second-order valence-corrected chi connectivity index (χ2v) is 5.27. The third kappa shape index (κ3) is 1.69. The van der Waals surface area contributed by atoms with Gasteiger partial charge in [0.15, 0.2) is 0 Å². The van der Waals surface area contributed by atoms with Crippen LogP contribution in [0.2, 0.25) is 0 Å². The van der Waals surface area contributed by atoms with Crippen LogP contribution in [0.5, 0.6) is 0 Å². The summed E-state index contributed by atoms with van der Waals surface area (Å²) in [6.45, 7) is 6.36. The quantitative estimate of drug-likeness (QED) is 0.668. The second-order valence-electron chi connectivity index (χ2n) is 5.27. The van der Waals surface area contributed by atoms with Gasteiger partial charge < -0.3 is 10.2 Å². The first kappa shape index (κ1) is 9.13. The standard InChI is InChI=1S/C11H21N3/c1-13-6-10(7-13)14-5-4-12-11(8-14)9-2-3-9/h9-12H,2-8H2,1H3. The summed E-state index contributed by atoms with van der Waals surface area (Å²) in [4.78, 5) is 5.12. The summed E-state index contributed by atoms with van der Waals surface area (Å²) < 4.78 is 0. The summed E-state index contributed by atoms with van der Waals surface area (Å²) in [6.07, 6.45) is 2.94. The third-order valence-electron chi connectivity index (χ3n) is 3.99. The minimum Gasteiger partial charge on any atom is -0.311 e. The molecule has 3 rings (SSSR count). The van der Waals surface area contributed by atoms with Gasteiger partial charge in [-0.2, -0.15) is 0 Å². The van der Waals surface area contributed by atoms with Crippen molar-refractivity contribution in [2.24, 2.45) is 5.92 Å². The van der Waals surface area contributed by atoms with Crippen LogP contribution in [0.3, 0.4) is 0 Å². The van der Waals surface area contributed by atoms with Crippen LogP contribution in [0.25, 0.3) is 0 Å². The lowest BCUT2D eigenvalue weighted by Crippen LogP contribution is -2.63. The Morgan fingerprint density at radius 3 is 2.57 bits per heavy atom. The molecule has 1 N–H and O–H groups in total. The predicted octanol–water partition coefficient (Wildman–Crippen LogP) is -0.0158. The molecule has 3 heteroatoms. The van der Waals surface area contributed by atoms with Crippen LogP contribution in [0.15, 0.2) is 0 Å². The highest BCUT2D eigenvalue weighted by Gasteiger charge is 2.37. The highest BCUT2D eigenvalue weighted by Crippen LogP contribution is 2.34. The van der Waals surface area contributed by atoms with E-state index in [1.165, 1.54) is 45.6 Å². The number of rotatable bonds is 2. The highest BCUT2D eigenvalue weighted by molar-refractivity contribution is 4.95. The summed E-state index contributed by atoms with van der Waals surface area (Å²) in [6, 6.07) is 1.68. The Hall–Kier alpha value is -0.120. The van der Waals surface area contributed by atoms with Crippen molar-refractivity contribution in [3.63, 3.8) is 0 Å². The smallest absolute Gasteiger partial charge is 0.0351 e. The maximum Gasteiger partial charge on any atom is 0.0351 e. The van der Waals surface area contributed by atoms with Gasteiger partial charge in [0, 0.05) is 44.8 Å². The average Bonchev–Trinajstić information content (AvgIpc) is 2.96.